The standard InChI is InChI=1S/C17H22N2O3/c1-4-5-10-18-15(20)14(11(2)3)19-16(21)12-8-6-7-9-13(12)17(19)22/h6-9,11,14H,4-5,10H2,1-3H3,(H,18,20)/t14-/m0/s1. The molecule has 0 spiro atoms. The van der Waals surface area contributed by atoms with Gasteiger partial charge < -0.3 is 5.32 Å². The summed E-state index contributed by atoms with van der Waals surface area (Å²) in [6.45, 7) is 6.28. The molecule has 0 fully saturated rings. The molecule has 1 aromatic rings. The van der Waals surface area contributed by atoms with Gasteiger partial charge in [-0.1, -0.05) is 39.3 Å². The van der Waals surface area contributed by atoms with Crippen LogP contribution < -0.4 is 5.32 Å². The summed E-state index contributed by atoms with van der Waals surface area (Å²) in [4.78, 5) is 38.6. The van der Waals surface area contributed by atoms with Crippen molar-refractivity contribution in [3.8, 4) is 0 Å². The highest BCUT2D eigenvalue weighted by Crippen LogP contribution is 2.27. The molecule has 1 atom stereocenters. The topological polar surface area (TPSA) is 66.5 Å². The predicted octanol–water partition coefficient (Wildman–Crippen LogP) is 2.22. The summed E-state index contributed by atoms with van der Waals surface area (Å²) in [5.41, 5.74) is 0.749. The highest BCUT2D eigenvalue weighted by atomic mass is 16.2. The predicted molar refractivity (Wildman–Crippen MR) is 83.5 cm³/mol. The number of rotatable bonds is 6. The normalized spacial score (nSPS) is 15.2. The van der Waals surface area contributed by atoms with E-state index in [0.29, 0.717) is 17.7 Å². The second kappa shape index (κ2) is 6.73. The van der Waals surface area contributed by atoms with Crippen molar-refractivity contribution in [2.75, 3.05) is 6.54 Å². The third-order valence-corrected chi connectivity index (χ3v) is 3.83. The maximum absolute atomic E-state index is 12.5. The Kier molecular flexibility index (Phi) is 4.96. The molecule has 1 aliphatic heterocycles. The smallest absolute Gasteiger partial charge is 0.262 e. The Bertz CT molecular complexity index is 560. The van der Waals surface area contributed by atoms with Gasteiger partial charge in [-0.3, -0.25) is 19.3 Å². The zero-order valence-corrected chi connectivity index (χ0v) is 13.3. The van der Waals surface area contributed by atoms with Crippen LogP contribution in [0.15, 0.2) is 24.3 Å². The first kappa shape index (κ1) is 16.2. The van der Waals surface area contributed by atoms with Crippen molar-refractivity contribution in [1.82, 2.24) is 10.2 Å². The molecule has 1 heterocycles. The molecule has 118 valence electrons. The van der Waals surface area contributed by atoms with Gasteiger partial charge in [-0.15, -0.1) is 0 Å². The minimum absolute atomic E-state index is 0.149. The second-order valence-electron chi connectivity index (χ2n) is 5.86. The van der Waals surface area contributed by atoms with E-state index in [9.17, 15) is 14.4 Å². The summed E-state index contributed by atoms with van der Waals surface area (Å²) < 4.78 is 0. The van der Waals surface area contributed by atoms with E-state index in [2.05, 4.69) is 5.32 Å². The molecule has 0 aliphatic carbocycles. The van der Waals surface area contributed by atoms with Crippen molar-refractivity contribution in [3.63, 3.8) is 0 Å². The van der Waals surface area contributed by atoms with Gasteiger partial charge in [0.1, 0.15) is 6.04 Å². The average Bonchev–Trinajstić information content (AvgIpc) is 2.73. The minimum atomic E-state index is -0.774. The summed E-state index contributed by atoms with van der Waals surface area (Å²) >= 11 is 0. The fourth-order valence-electron chi connectivity index (χ4n) is 2.67. The Morgan fingerprint density at radius 1 is 1.14 bits per heavy atom. The van der Waals surface area contributed by atoms with Crippen LogP contribution in [0.1, 0.15) is 54.3 Å². The van der Waals surface area contributed by atoms with Crippen LogP contribution >= 0.6 is 0 Å². The molecular weight excluding hydrogens is 280 g/mol. The van der Waals surface area contributed by atoms with Crippen molar-refractivity contribution < 1.29 is 14.4 Å². The molecule has 0 unspecified atom stereocenters. The molecular formula is C17H22N2O3. The van der Waals surface area contributed by atoms with Crippen molar-refractivity contribution in [1.29, 1.82) is 0 Å². The molecule has 1 aromatic carbocycles. The Morgan fingerprint density at radius 3 is 2.14 bits per heavy atom. The Hall–Kier alpha value is -2.17. The third-order valence-electron chi connectivity index (χ3n) is 3.83. The molecule has 1 N–H and O–H groups in total. The SMILES string of the molecule is CCCCNC(=O)[C@H](C(C)C)N1C(=O)c2ccccc2C1=O. The number of carbonyl (C=O) groups is 3. The van der Waals surface area contributed by atoms with Crippen LogP contribution in [0.4, 0.5) is 0 Å². The lowest BCUT2D eigenvalue weighted by Gasteiger charge is -2.28. The van der Waals surface area contributed by atoms with Gasteiger partial charge in [0, 0.05) is 6.54 Å². The first-order valence-electron chi connectivity index (χ1n) is 7.73. The zero-order chi connectivity index (χ0) is 16.3. The van der Waals surface area contributed by atoms with Crippen LogP contribution in [-0.4, -0.2) is 35.2 Å². The van der Waals surface area contributed by atoms with Crippen LogP contribution in [0.2, 0.25) is 0 Å². The Labute approximate surface area is 130 Å². The number of benzene rings is 1. The van der Waals surface area contributed by atoms with E-state index < -0.39 is 6.04 Å². The minimum Gasteiger partial charge on any atom is -0.354 e. The number of nitrogens with zero attached hydrogens (tertiary/aromatic N) is 1. The van der Waals surface area contributed by atoms with E-state index in [1.807, 2.05) is 20.8 Å². The van der Waals surface area contributed by atoms with E-state index >= 15 is 0 Å². The Morgan fingerprint density at radius 2 is 1.68 bits per heavy atom. The number of unbranched alkanes of at least 4 members (excludes halogenated alkanes) is 1. The van der Waals surface area contributed by atoms with Crippen LogP contribution in [0.3, 0.4) is 0 Å². The van der Waals surface area contributed by atoms with Gasteiger partial charge in [-0.25, -0.2) is 0 Å². The van der Waals surface area contributed by atoms with Crippen LogP contribution in [-0.2, 0) is 4.79 Å². The van der Waals surface area contributed by atoms with Crippen LogP contribution in [0, 0.1) is 5.92 Å². The monoisotopic (exact) mass is 302 g/mol. The van der Waals surface area contributed by atoms with Gasteiger partial charge in [0.15, 0.2) is 0 Å². The second-order valence-corrected chi connectivity index (χ2v) is 5.86. The van der Waals surface area contributed by atoms with Crippen LogP contribution in [0.25, 0.3) is 0 Å². The number of fused-ring (bicyclic) bond motifs is 1. The van der Waals surface area contributed by atoms with E-state index in [-0.39, 0.29) is 23.6 Å². The number of hydrogen-bond donors (Lipinski definition) is 1. The summed E-state index contributed by atoms with van der Waals surface area (Å²) in [5, 5.41) is 2.82. The zero-order valence-electron chi connectivity index (χ0n) is 13.3. The fraction of sp³-hybridized carbons (Fsp3) is 0.471. The van der Waals surface area contributed by atoms with Crippen molar-refractivity contribution in [2.45, 2.75) is 39.7 Å². The van der Waals surface area contributed by atoms with Gasteiger partial charge in [0.05, 0.1) is 11.1 Å². The van der Waals surface area contributed by atoms with Crippen molar-refractivity contribution in [3.05, 3.63) is 35.4 Å². The highest BCUT2D eigenvalue weighted by Gasteiger charge is 2.43. The van der Waals surface area contributed by atoms with E-state index in [1.165, 1.54) is 0 Å². The molecule has 0 saturated heterocycles. The quantitative estimate of drug-likeness (QED) is 0.647. The first-order valence-corrected chi connectivity index (χ1v) is 7.73. The molecule has 5 heteroatoms. The number of amides is 3. The molecule has 5 nitrogen and oxygen atoms in total. The molecule has 0 aromatic heterocycles. The van der Waals surface area contributed by atoms with Gasteiger partial charge in [-0.05, 0) is 24.5 Å². The van der Waals surface area contributed by atoms with E-state index in [4.69, 9.17) is 0 Å². The molecule has 0 radical (unpaired) electrons. The number of hydrogen-bond acceptors (Lipinski definition) is 3. The maximum atomic E-state index is 12.5. The summed E-state index contributed by atoms with van der Waals surface area (Å²) in [5.74, 6) is -1.18. The summed E-state index contributed by atoms with van der Waals surface area (Å²) in [6.07, 6.45) is 1.85. The molecule has 3 amide bonds. The Balaban J connectivity index is 2.25. The van der Waals surface area contributed by atoms with Gasteiger partial charge in [0.2, 0.25) is 5.91 Å². The number of nitrogens with one attached hydrogen (secondary N) is 1. The van der Waals surface area contributed by atoms with Crippen LogP contribution in [0.5, 0.6) is 0 Å². The van der Waals surface area contributed by atoms with E-state index in [1.54, 1.807) is 24.3 Å². The molecule has 1 aliphatic rings. The van der Waals surface area contributed by atoms with Gasteiger partial charge >= 0.3 is 0 Å². The van der Waals surface area contributed by atoms with Gasteiger partial charge in [0.25, 0.3) is 11.8 Å². The molecule has 2 rings (SSSR count). The third kappa shape index (κ3) is 2.89. The van der Waals surface area contributed by atoms with Crippen molar-refractivity contribution >= 4 is 17.7 Å². The molecule has 0 saturated carbocycles. The largest absolute Gasteiger partial charge is 0.354 e. The molecule has 0 bridgehead atoms. The lowest BCUT2D eigenvalue weighted by molar-refractivity contribution is -0.126. The van der Waals surface area contributed by atoms with Gasteiger partial charge in [-0.2, -0.15) is 0 Å². The average molecular weight is 302 g/mol. The fourth-order valence-corrected chi connectivity index (χ4v) is 2.67. The summed E-state index contributed by atoms with van der Waals surface area (Å²) in [6, 6.07) is 5.92. The number of imide groups is 1. The first-order chi connectivity index (χ1) is 10.5. The van der Waals surface area contributed by atoms with E-state index in [0.717, 1.165) is 17.7 Å². The molecule has 22 heavy (non-hydrogen) atoms. The lowest BCUT2D eigenvalue weighted by Crippen LogP contribution is -2.52. The lowest BCUT2D eigenvalue weighted by atomic mass is 10.0. The maximum Gasteiger partial charge on any atom is 0.262 e. The van der Waals surface area contributed by atoms with Crippen molar-refractivity contribution in [2.24, 2.45) is 5.92 Å². The highest BCUT2D eigenvalue weighted by molar-refractivity contribution is 6.22. The summed E-state index contributed by atoms with van der Waals surface area (Å²) in [7, 11) is 0. The number of carbonyl (C=O) groups excluding carboxylic acids is 3.